The van der Waals surface area contributed by atoms with Gasteiger partial charge in [-0.1, -0.05) is 26.6 Å². The molecule has 0 aromatic heterocycles. The SMILES string of the molecule is CC([O-])[Si](C)(C)C.[Li+]. The normalized spacial score (nSPS) is 14.6. The predicted molar refractivity (Wildman–Crippen MR) is 32.8 cm³/mol. The van der Waals surface area contributed by atoms with E-state index in [4.69, 9.17) is 0 Å². The summed E-state index contributed by atoms with van der Waals surface area (Å²) in [4.78, 5) is 0. The summed E-state index contributed by atoms with van der Waals surface area (Å²) < 4.78 is 0. The smallest absolute Gasteiger partial charge is 0.854 e. The minimum atomic E-state index is -1.29. The van der Waals surface area contributed by atoms with E-state index in [2.05, 4.69) is 19.6 Å². The first-order chi connectivity index (χ1) is 2.94. The van der Waals surface area contributed by atoms with Crippen LogP contribution in [0.1, 0.15) is 6.92 Å². The van der Waals surface area contributed by atoms with E-state index in [1.807, 2.05) is 0 Å². The number of rotatable bonds is 1. The van der Waals surface area contributed by atoms with Crippen LogP contribution in [0.25, 0.3) is 0 Å². The molecular weight excluding hydrogens is 111 g/mol. The van der Waals surface area contributed by atoms with Gasteiger partial charge in [0.2, 0.25) is 0 Å². The third-order valence-electron chi connectivity index (χ3n) is 1.22. The Labute approximate surface area is 64.7 Å². The van der Waals surface area contributed by atoms with Crippen molar-refractivity contribution in [3.8, 4) is 0 Å². The fourth-order valence-corrected chi connectivity index (χ4v) is 0. The molecular formula is C5H13LiOSi. The van der Waals surface area contributed by atoms with Gasteiger partial charge in [0.1, 0.15) is 0 Å². The average Bonchev–Trinajstić information content (AvgIpc) is 1.31. The van der Waals surface area contributed by atoms with Crippen molar-refractivity contribution < 1.29 is 24.0 Å². The van der Waals surface area contributed by atoms with Crippen molar-refractivity contribution >= 4 is 8.07 Å². The van der Waals surface area contributed by atoms with Crippen molar-refractivity contribution in [2.45, 2.75) is 32.3 Å². The Bertz CT molecular complexity index is 57.9. The Morgan fingerprint density at radius 2 is 1.38 bits per heavy atom. The molecule has 0 spiro atoms. The first kappa shape index (κ1) is 11.6. The molecule has 0 rings (SSSR count). The summed E-state index contributed by atoms with van der Waals surface area (Å²) in [5.41, 5.74) is -0.313. The molecule has 0 aromatic rings. The van der Waals surface area contributed by atoms with Crippen LogP contribution in [0, 0.1) is 0 Å². The molecule has 8 heavy (non-hydrogen) atoms. The number of hydrogen-bond acceptors (Lipinski definition) is 1. The maximum Gasteiger partial charge on any atom is 1.00 e. The van der Waals surface area contributed by atoms with Crippen LogP contribution in [0.4, 0.5) is 0 Å². The van der Waals surface area contributed by atoms with Gasteiger partial charge >= 0.3 is 18.9 Å². The third-order valence-corrected chi connectivity index (χ3v) is 3.66. The zero-order valence-electron chi connectivity index (χ0n) is 6.49. The zero-order valence-corrected chi connectivity index (χ0v) is 7.49. The standard InChI is InChI=1S/C5H13OSi.Li/c1-5(6)7(2,3)4;/h5H,1-4H3;/q-1;+1. The maximum absolute atomic E-state index is 10.6. The van der Waals surface area contributed by atoms with Gasteiger partial charge in [0.25, 0.3) is 0 Å². The van der Waals surface area contributed by atoms with Crippen LogP contribution >= 0.6 is 0 Å². The van der Waals surface area contributed by atoms with Crippen LogP contribution in [-0.4, -0.2) is 13.8 Å². The quantitative estimate of drug-likeness (QED) is 0.358. The molecule has 0 radical (unpaired) electrons. The summed E-state index contributed by atoms with van der Waals surface area (Å²) in [7, 11) is -1.29. The van der Waals surface area contributed by atoms with E-state index < -0.39 is 8.07 Å². The second kappa shape index (κ2) is 3.73. The van der Waals surface area contributed by atoms with Gasteiger partial charge in [0.05, 0.1) is 0 Å². The fraction of sp³-hybridized carbons (Fsp3) is 1.00. The monoisotopic (exact) mass is 124 g/mol. The Morgan fingerprint density at radius 1 is 1.25 bits per heavy atom. The molecule has 0 aliphatic rings. The fourth-order valence-electron chi connectivity index (χ4n) is 0. The minimum absolute atomic E-state index is 0. The van der Waals surface area contributed by atoms with E-state index in [0.717, 1.165) is 0 Å². The summed E-state index contributed by atoms with van der Waals surface area (Å²) in [6.45, 7) is 8.02. The molecule has 3 heteroatoms. The molecule has 0 amide bonds. The molecule has 1 atom stereocenters. The molecule has 1 nitrogen and oxygen atoms in total. The van der Waals surface area contributed by atoms with E-state index in [9.17, 15) is 5.11 Å². The molecule has 0 aromatic carbocycles. The van der Waals surface area contributed by atoms with Crippen molar-refractivity contribution in [2.24, 2.45) is 0 Å². The topological polar surface area (TPSA) is 23.1 Å². The van der Waals surface area contributed by atoms with E-state index in [1.165, 1.54) is 0 Å². The molecule has 0 aliphatic carbocycles. The average molecular weight is 124 g/mol. The van der Waals surface area contributed by atoms with Gasteiger partial charge in [-0.15, -0.1) is 5.73 Å². The predicted octanol–water partition coefficient (Wildman–Crippen LogP) is -2.38. The largest absolute Gasteiger partial charge is 1.00 e. The Hall–Kier alpha value is 0.774. The third kappa shape index (κ3) is 4.92. The van der Waals surface area contributed by atoms with Crippen LogP contribution in [0.3, 0.4) is 0 Å². The van der Waals surface area contributed by atoms with Crippen LogP contribution in [0.5, 0.6) is 0 Å². The van der Waals surface area contributed by atoms with Gasteiger partial charge in [0.15, 0.2) is 0 Å². The van der Waals surface area contributed by atoms with E-state index in [0.29, 0.717) is 0 Å². The molecule has 0 bridgehead atoms. The first-order valence-corrected chi connectivity index (χ1v) is 6.18. The van der Waals surface area contributed by atoms with E-state index in [-0.39, 0.29) is 24.6 Å². The Balaban J connectivity index is 0. The van der Waals surface area contributed by atoms with E-state index in [1.54, 1.807) is 6.92 Å². The number of hydrogen-bond donors (Lipinski definition) is 0. The summed E-state index contributed by atoms with van der Waals surface area (Å²) in [5, 5.41) is 10.6. The molecule has 0 fully saturated rings. The van der Waals surface area contributed by atoms with Crippen molar-refractivity contribution in [1.29, 1.82) is 0 Å². The molecule has 44 valence electrons. The summed E-state index contributed by atoms with van der Waals surface area (Å²) >= 11 is 0. The second-order valence-corrected chi connectivity index (χ2v) is 8.55. The van der Waals surface area contributed by atoms with Crippen LogP contribution in [0.2, 0.25) is 19.6 Å². The van der Waals surface area contributed by atoms with Crippen molar-refractivity contribution in [3.63, 3.8) is 0 Å². The van der Waals surface area contributed by atoms with Gasteiger partial charge in [0, 0.05) is 8.07 Å². The first-order valence-electron chi connectivity index (χ1n) is 2.60. The second-order valence-electron chi connectivity index (χ2n) is 3.01. The molecule has 0 heterocycles. The zero-order chi connectivity index (χ0) is 6.08. The van der Waals surface area contributed by atoms with Gasteiger partial charge in [-0.25, -0.2) is 0 Å². The van der Waals surface area contributed by atoms with Crippen molar-refractivity contribution in [3.05, 3.63) is 0 Å². The van der Waals surface area contributed by atoms with Crippen LogP contribution in [0.15, 0.2) is 0 Å². The Morgan fingerprint density at radius 3 is 1.38 bits per heavy atom. The van der Waals surface area contributed by atoms with Gasteiger partial charge in [-0.3, -0.25) is 0 Å². The van der Waals surface area contributed by atoms with Crippen molar-refractivity contribution in [1.82, 2.24) is 0 Å². The van der Waals surface area contributed by atoms with Gasteiger partial charge in [-0.2, -0.15) is 0 Å². The maximum atomic E-state index is 10.6. The molecule has 1 unspecified atom stereocenters. The van der Waals surface area contributed by atoms with Gasteiger partial charge < -0.3 is 5.11 Å². The van der Waals surface area contributed by atoms with Crippen LogP contribution < -0.4 is 24.0 Å². The molecule has 0 N–H and O–H groups in total. The summed E-state index contributed by atoms with van der Waals surface area (Å²) in [5.74, 6) is 0. The molecule has 0 saturated carbocycles. The van der Waals surface area contributed by atoms with Crippen molar-refractivity contribution in [2.75, 3.05) is 0 Å². The minimum Gasteiger partial charge on any atom is -0.854 e. The summed E-state index contributed by atoms with van der Waals surface area (Å²) in [6.07, 6.45) is 0. The van der Waals surface area contributed by atoms with Gasteiger partial charge in [-0.05, 0) is 0 Å². The van der Waals surface area contributed by atoms with Crippen LogP contribution in [-0.2, 0) is 0 Å². The van der Waals surface area contributed by atoms with E-state index >= 15 is 0 Å². The molecule has 0 saturated heterocycles. The molecule has 0 aliphatic heterocycles. The summed E-state index contributed by atoms with van der Waals surface area (Å²) in [6, 6.07) is 0. The Kier molecular flexibility index (Phi) is 5.39.